The third-order valence-corrected chi connectivity index (χ3v) is 4.16. The van der Waals surface area contributed by atoms with Gasteiger partial charge < -0.3 is 4.74 Å². The first-order valence-electron chi connectivity index (χ1n) is 11.1. The highest BCUT2D eigenvalue weighted by atomic mass is 16.5. The predicted molar refractivity (Wildman–Crippen MR) is 137 cm³/mol. The maximum atomic E-state index is 5.58. The summed E-state index contributed by atoms with van der Waals surface area (Å²) in [7, 11) is 0. The SMILES string of the molecule is CC.CC.Cc1ccc(-c2ccc(C)cc2)cc1.c1ccc(Oc2ccccc2)cc1. The molecule has 0 atom stereocenters. The summed E-state index contributed by atoms with van der Waals surface area (Å²) in [6.45, 7) is 12.2. The molecule has 0 unspecified atom stereocenters. The molecule has 1 heteroatoms. The Labute approximate surface area is 189 Å². The van der Waals surface area contributed by atoms with Crippen LogP contribution < -0.4 is 4.74 Å². The minimum absolute atomic E-state index is 0.869. The maximum Gasteiger partial charge on any atom is 0.127 e. The summed E-state index contributed by atoms with van der Waals surface area (Å²) in [5.74, 6) is 1.74. The lowest BCUT2D eigenvalue weighted by atomic mass is 10.0. The molecule has 1 nitrogen and oxygen atoms in total. The third kappa shape index (κ3) is 9.82. The minimum atomic E-state index is 0.869. The molecular weight excluding hydrogens is 376 g/mol. The number of ether oxygens (including phenoxy) is 1. The largest absolute Gasteiger partial charge is 0.457 e. The average molecular weight is 413 g/mol. The second-order valence-corrected chi connectivity index (χ2v) is 6.46. The van der Waals surface area contributed by atoms with Gasteiger partial charge in [-0.15, -0.1) is 0 Å². The summed E-state index contributed by atoms with van der Waals surface area (Å²) in [6, 6.07) is 36.8. The molecule has 0 N–H and O–H groups in total. The molecule has 4 aromatic carbocycles. The standard InChI is InChI=1S/C14H14.C12H10O.2C2H6/c1-11-3-7-13(8-4-11)14-9-5-12(2)6-10-14;1-3-7-11(8-4-1)13-12-9-5-2-6-10-12;2*1-2/h3-10H,1-2H3;1-10H;2*1-2H3. The molecule has 0 radical (unpaired) electrons. The van der Waals surface area contributed by atoms with Gasteiger partial charge in [0, 0.05) is 0 Å². The van der Waals surface area contributed by atoms with Gasteiger partial charge in [0.25, 0.3) is 0 Å². The van der Waals surface area contributed by atoms with Gasteiger partial charge in [0.15, 0.2) is 0 Å². The van der Waals surface area contributed by atoms with Gasteiger partial charge >= 0.3 is 0 Å². The maximum absolute atomic E-state index is 5.58. The molecule has 0 amide bonds. The van der Waals surface area contributed by atoms with Gasteiger partial charge in [0.05, 0.1) is 0 Å². The van der Waals surface area contributed by atoms with E-state index < -0.39 is 0 Å². The van der Waals surface area contributed by atoms with E-state index in [0.717, 1.165) is 11.5 Å². The van der Waals surface area contributed by atoms with Crippen molar-refractivity contribution in [2.45, 2.75) is 41.5 Å². The molecule has 0 saturated heterocycles. The van der Waals surface area contributed by atoms with E-state index in [2.05, 4.69) is 62.4 Å². The quantitative estimate of drug-likeness (QED) is 0.325. The molecule has 0 aliphatic carbocycles. The van der Waals surface area contributed by atoms with Crippen LogP contribution in [0.2, 0.25) is 0 Å². The number of aryl methyl sites for hydroxylation is 2. The second kappa shape index (κ2) is 15.5. The summed E-state index contributed by atoms with van der Waals surface area (Å²) in [4.78, 5) is 0. The lowest BCUT2D eigenvalue weighted by Crippen LogP contribution is -1.81. The van der Waals surface area contributed by atoms with Crippen molar-refractivity contribution in [3.8, 4) is 22.6 Å². The van der Waals surface area contributed by atoms with E-state index in [4.69, 9.17) is 4.74 Å². The van der Waals surface area contributed by atoms with Gasteiger partial charge in [-0.25, -0.2) is 0 Å². The van der Waals surface area contributed by atoms with Gasteiger partial charge in [0.2, 0.25) is 0 Å². The molecule has 0 saturated carbocycles. The van der Waals surface area contributed by atoms with Crippen LogP contribution in [0, 0.1) is 13.8 Å². The Morgan fingerprint density at radius 2 is 0.677 bits per heavy atom. The first-order chi connectivity index (χ1) is 15.2. The Kier molecular flexibility index (Phi) is 12.9. The highest BCUT2D eigenvalue weighted by Crippen LogP contribution is 2.20. The van der Waals surface area contributed by atoms with Crippen LogP contribution >= 0.6 is 0 Å². The zero-order chi connectivity index (χ0) is 22.9. The van der Waals surface area contributed by atoms with Gasteiger partial charge in [-0.2, -0.15) is 0 Å². The molecule has 0 aromatic heterocycles. The molecule has 0 fully saturated rings. The Balaban J connectivity index is 0.000000268. The normalized spacial score (nSPS) is 8.97. The summed E-state index contributed by atoms with van der Waals surface area (Å²) in [6.07, 6.45) is 0. The lowest BCUT2D eigenvalue weighted by Gasteiger charge is -2.03. The smallest absolute Gasteiger partial charge is 0.127 e. The van der Waals surface area contributed by atoms with Crippen LogP contribution in [0.4, 0.5) is 0 Å². The molecule has 0 spiro atoms. The van der Waals surface area contributed by atoms with Crippen LogP contribution in [0.25, 0.3) is 11.1 Å². The number of hydrogen-bond acceptors (Lipinski definition) is 1. The van der Waals surface area contributed by atoms with Crippen molar-refractivity contribution in [3.05, 3.63) is 120 Å². The Morgan fingerprint density at radius 1 is 0.387 bits per heavy atom. The molecule has 0 aliphatic heterocycles. The molecule has 0 bridgehead atoms. The van der Waals surface area contributed by atoms with Crippen molar-refractivity contribution >= 4 is 0 Å². The van der Waals surface area contributed by atoms with Crippen LogP contribution in [0.15, 0.2) is 109 Å². The van der Waals surface area contributed by atoms with E-state index >= 15 is 0 Å². The number of rotatable bonds is 3. The van der Waals surface area contributed by atoms with E-state index in [0.29, 0.717) is 0 Å². The van der Waals surface area contributed by atoms with E-state index in [1.165, 1.54) is 22.3 Å². The molecule has 162 valence electrons. The van der Waals surface area contributed by atoms with Gasteiger partial charge in [-0.1, -0.05) is 124 Å². The zero-order valence-electron chi connectivity index (χ0n) is 19.8. The minimum Gasteiger partial charge on any atom is -0.457 e. The van der Waals surface area contributed by atoms with E-state index in [-0.39, 0.29) is 0 Å². The molecule has 4 aromatic rings. The Bertz CT molecular complexity index is 844. The van der Waals surface area contributed by atoms with Crippen molar-refractivity contribution in [2.24, 2.45) is 0 Å². The van der Waals surface area contributed by atoms with Crippen LogP contribution in [0.5, 0.6) is 11.5 Å². The van der Waals surface area contributed by atoms with Gasteiger partial charge in [0.1, 0.15) is 11.5 Å². The second-order valence-electron chi connectivity index (χ2n) is 6.46. The summed E-state index contributed by atoms with van der Waals surface area (Å²) in [5, 5.41) is 0. The number of para-hydroxylation sites is 2. The average Bonchev–Trinajstić information content (AvgIpc) is 2.85. The van der Waals surface area contributed by atoms with Crippen LogP contribution in [0.1, 0.15) is 38.8 Å². The first kappa shape index (κ1) is 25.7. The molecule has 0 heterocycles. The first-order valence-corrected chi connectivity index (χ1v) is 11.1. The van der Waals surface area contributed by atoms with Crippen molar-refractivity contribution in [3.63, 3.8) is 0 Å². The van der Waals surface area contributed by atoms with E-state index in [1.54, 1.807) is 0 Å². The van der Waals surface area contributed by atoms with Crippen LogP contribution in [-0.4, -0.2) is 0 Å². The van der Waals surface area contributed by atoms with Crippen LogP contribution in [-0.2, 0) is 0 Å². The van der Waals surface area contributed by atoms with Crippen LogP contribution in [0.3, 0.4) is 0 Å². The summed E-state index contributed by atoms with van der Waals surface area (Å²) < 4.78 is 5.58. The predicted octanol–water partition coefficient (Wildman–Crippen LogP) is 9.50. The molecule has 0 aliphatic rings. The highest BCUT2D eigenvalue weighted by Gasteiger charge is 1.95. The Hall–Kier alpha value is -3.32. The van der Waals surface area contributed by atoms with E-state index in [1.807, 2.05) is 88.4 Å². The fourth-order valence-corrected chi connectivity index (χ4v) is 2.61. The summed E-state index contributed by atoms with van der Waals surface area (Å²) >= 11 is 0. The lowest BCUT2D eigenvalue weighted by molar-refractivity contribution is 0.482. The number of benzene rings is 4. The topological polar surface area (TPSA) is 9.23 Å². The van der Waals surface area contributed by atoms with Crippen molar-refractivity contribution in [1.29, 1.82) is 0 Å². The Morgan fingerprint density at radius 3 is 0.968 bits per heavy atom. The molecule has 4 rings (SSSR count). The van der Waals surface area contributed by atoms with E-state index in [9.17, 15) is 0 Å². The van der Waals surface area contributed by atoms with Gasteiger partial charge in [-0.05, 0) is 49.2 Å². The molecule has 31 heavy (non-hydrogen) atoms. The molecular formula is C30H36O. The van der Waals surface area contributed by atoms with Crippen molar-refractivity contribution in [1.82, 2.24) is 0 Å². The summed E-state index contributed by atoms with van der Waals surface area (Å²) in [5.41, 5.74) is 5.19. The fraction of sp³-hybridized carbons (Fsp3) is 0.200. The third-order valence-electron chi connectivity index (χ3n) is 4.16. The number of hydrogen-bond donors (Lipinski definition) is 0. The fourth-order valence-electron chi connectivity index (χ4n) is 2.61. The van der Waals surface area contributed by atoms with Crippen molar-refractivity contribution in [2.75, 3.05) is 0 Å². The zero-order valence-corrected chi connectivity index (χ0v) is 19.8. The van der Waals surface area contributed by atoms with Crippen molar-refractivity contribution < 1.29 is 4.74 Å². The monoisotopic (exact) mass is 412 g/mol. The highest BCUT2D eigenvalue weighted by molar-refractivity contribution is 5.63. The van der Waals surface area contributed by atoms with Gasteiger partial charge in [-0.3, -0.25) is 0 Å².